The van der Waals surface area contributed by atoms with Gasteiger partial charge >= 0.3 is 6.36 Å². The van der Waals surface area contributed by atoms with E-state index in [-0.39, 0.29) is 12.1 Å². The lowest BCUT2D eigenvalue weighted by molar-refractivity contribution is -0.274. The van der Waals surface area contributed by atoms with Gasteiger partial charge in [0.1, 0.15) is 5.75 Å². The number of rotatable bonds is 7. The molecule has 1 atom stereocenters. The Morgan fingerprint density at radius 3 is 2.19 bits per heavy atom. The first-order valence-corrected chi connectivity index (χ1v) is 8.93. The number of carbonyl (C=O) groups is 1. The summed E-state index contributed by atoms with van der Waals surface area (Å²) in [5.74, 6) is 0.369. The minimum absolute atomic E-state index is 0.166. The molecule has 8 nitrogen and oxygen atoms in total. The van der Waals surface area contributed by atoms with E-state index in [4.69, 9.17) is 19.0 Å². The van der Waals surface area contributed by atoms with Gasteiger partial charge in [0, 0.05) is 17.7 Å². The highest BCUT2D eigenvalue weighted by molar-refractivity contribution is 6.06. The molecule has 3 rings (SSSR count). The summed E-state index contributed by atoms with van der Waals surface area (Å²) in [7, 11) is 4.45. The number of anilines is 1. The third kappa shape index (κ3) is 5.30. The van der Waals surface area contributed by atoms with Crippen molar-refractivity contribution in [3.63, 3.8) is 0 Å². The zero-order chi connectivity index (χ0) is 22.6. The van der Waals surface area contributed by atoms with E-state index in [2.05, 4.69) is 15.2 Å². The van der Waals surface area contributed by atoms with E-state index < -0.39 is 24.1 Å². The Bertz CT molecular complexity index is 951. The lowest BCUT2D eigenvalue weighted by Gasteiger charge is -2.14. The summed E-state index contributed by atoms with van der Waals surface area (Å²) in [5.41, 5.74) is 1.40. The number of ether oxygens (including phenoxy) is 4. The zero-order valence-electron chi connectivity index (χ0n) is 16.8. The number of benzene rings is 2. The highest BCUT2D eigenvalue weighted by Gasteiger charge is 2.32. The quantitative estimate of drug-likeness (QED) is 0.706. The van der Waals surface area contributed by atoms with Crippen LogP contribution in [0.25, 0.3) is 0 Å². The Morgan fingerprint density at radius 1 is 1.06 bits per heavy atom. The van der Waals surface area contributed by atoms with Crippen LogP contribution in [0, 0.1) is 0 Å². The SMILES string of the molecule is COc1cc(C2=NO[C@H](C(=O)Nc3ccc(OC(F)(F)F)cc3)C2)cc(OC)c1OC. The van der Waals surface area contributed by atoms with Gasteiger partial charge in [-0.1, -0.05) is 5.16 Å². The summed E-state index contributed by atoms with van der Waals surface area (Å²) in [6.45, 7) is 0. The van der Waals surface area contributed by atoms with Gasteiger partial charge in [-0.15, -0.1) is 13.2 Å². The van der Waals surface area contributed by atoms with Gasteiger partial charge in [0.25, 0.3) is 5.91 Å². The average Bonchev–Trinajstić information content (AvgIpc) is 3.23. The standard InChI is InChI=1S/C20H19F3N2O6/c1-27-15-8-11(9-16(28-2)18(15)29-3)14-10-17(31-25-14)19(26)24-12-4-6-13(7-5-12)30-20(21,22)23/h4-9,17H,10H2,1-3H3,(H,24,26)/t17-/m0/s1. The second-order valence-corrected chi connectivity index (χ2v) is 6.31. The number of hydrogen-bond donors (Lipinski definition) is 1. The first-order valence-electron chi connectivity index (χ1n) is 8.93. The molecular formula is C20H19F3N2O6. The van der Waals surface area contributed by atoms with Crippen LogP contribution in [-0.4, -0.2) is 45.4 Å². The minimum atomic E-state index is -4.79. The monoisotopic (exact) mass is 440 g/mol. The van der Waals surface area contributed by atoms with Gasteiger partial charge in [0.15, 0.2) is 11.5 Å². The molecule has 0 saturated heterocycles. The van der Waals surface area contributed by atoms with E-state index in [1.807, 2.05) is 0 Å². The van der Waals surface area contributed by atoms with E-state index in [0.717, 1.165) is 12.1 Å². The summed E-state index contributed by atoms with van der Waals surface area (Å²) >= 11 is 0. The molecule has 0 aliphatic carbocycles. The molecule has 0 unspecified atom stereocenters. The summed E-state index contributed by atoms with van der Waals surface area (Å²) in [5, 5.41) is 6.54. The number of carbonyl (C=O) groups excluding carboxylic acids is 1. The maximum Gasteiger partial charge on any atom is 0.573 e. The average molecular weight is 440 g/mol. The number of nitrogens with zero attached hydrogens (tertiary/aromatic N) is 1. The Kier molecular flexibility index (Phi) is 6.42. The maximum absolute atomic E-state index is 12.5. The number of halogens is 3. The molecule has 0 aromatic heterocycles. The summed E-state index contributed by atoms with van der Waals surface area (Å²) in [4.78, 5) is 17.7. The van der Waals surface area contributed by atoms with Crippen molar-refractivity contribution in [2.75, 3.05) is 26.6 Å². The molecule has 0 bridgehead atoms. The fraction of sp³-hybridized carbons (Fsp3) is 0.300. The van der Waals surface area contributed by atoms with Gasteiger partial charge in [0.05, 0.1) is 27.0 Å². The van der Waals surface area contributed by atoms with Gasteiger partial charge in [-0.2, -0.15) is 0 Å². The van der Waals surface area contributed by atoms with Crippen molar-refractivity contribution in [3.8, 4) is 23.0 Å². The molecule has 1 aliphatic heterocycles. The van der Waals surface area contributed by atoms with E-state index in [9.17, 15) is 18.0 Å². The predicted octanol–water partition coefficient (Wildman–Crippen LogP) is 3.74. The number of hydrogen-bond acceptors (Lipinski definition) is 7. The molecule has 1 N–H and O–H groups in total. The maximum atomic E-state index is 12.5. The van der Waals surface area contributed by atoms with Crippen molar-refractivity contribution in [1.29, 1.82) is 0 Å². The number of nitrogens with one attached hydrogen (secondary N) is 1. The van der Waals surface area contributed by atoms with Crippen LogP contribution in [0.15, 0.2) is 41.6 Å². The molecule has 1 heterocycles. The van der Waals surface area contributed by atoms with Gasteiger partial charge < -0.3 is 29.1 Å². The van der Waals surface area contributed by atoms with E-state index >= 15 is 0 Å². The van der Waals surface area contributed by atoms with Crippen LogP contribution in [0.4, 0.5) is 18.9 Å². The normalized spacial score (nSPS) is 15.5. The highest BCUT2D eigenvalue weighted by atomic mass is 19.4. The van der Waals surface area contributed by atoms with Gasteiger partial charge in [-0.05, 0) is 36.4 Å². The van der Waals surface area contributed by atoms with Crippen LogP contribution >= 0.6 is 0 Å². The van der Waals surface area contributed by atoms with E-state index in [1.165, 1.54) is 33.5 Å². The molecule has 0 radical (unpaired) electrons. The molecule has 0 spiro atoms. The minimum Gasteiger partial charge on any atom is -0.493 e. The Balaban J connectivity index is 1.66. The fourth-order valence-corrected chi connectivity index (χ4v) is 2.90. The Morgan fingerprint density at radius 2 is 1.68 bits per heavy atom. The van der Waals surface area contributed by atoms with Crippen LogP contribution < -0.4 is 24.3 Å². The summed E-state index contributed by atoms with van der Waals surface area (Å²) in [6.07, 6.45) is -5.54. The Labute approximate surface area is 175 Å². The van der Waals surface area contributed by atoms with Crippen LogP contribution in [-0.2, 0) is 9.63 Å². The number of alkyl halides is 3. The smallest absolute Gasteiger partial charge is 0.493 e. The van der Waals surface area contributed by atoms with Crippen molar-refractivity contribution in [2.24, 2.45) is 5.16 Å². The van der Waals surface area contributed by atoms with Crippen molar-refractivity contribution < 1.29 is 41.8 Å². The lowest BCUT2D eigenvalue weighted by atomic mass is 10.0. The molecule has 2 aromatic rings. The van der Waals surface area contributed by atoms with E-state index in [0.29, 0.717) is 28.5 Å². The van der Waals surface area contributed by atoms with Crippen LogP contribution in [0.1, 0.15) is 12.0 Å². The molecule has 0 saturated carbocycles. The lowest BCUT2D eigenvalue weighted by Crippen LogP contribution is -2.28. The second kappa shape index (κ2) is 9.02. The zero-order valence-corrected chi connectivity index (χ0v) is 16.8. The van der Waals surface area contributed by atoms with Gasteiger partial charge in [-0.25, -0.2) is 0 Å². The van der Waals surface area contributed by atoms with Crippen LogP contribution in [0.5, 0.6) is 23.0 Å². The second-order valence-electron chi connectivity index (χ2n) is 6.31. The Hall–Kier alpha value is -3.63. The van der Waals surface area contributed by atoms with E-state index in [1.54, 1.807) is 12.1 Å². The predicted molar refractivity (Wildman–Crippen MR) is 104 cm³/mol. The van der Waals surface area contributed by atoms with Crippen molar-refractivity contribution in [3.05, 3.63) is 42.0 Å². The molecule has 1 aliphatic rings. The third-order valence-corrected chi connectivity index (χ3v) is 4.31. The fourth-order valence-electron chi connectivity index (χ4n) is 2.90. The molecule has 166 valence electrons. The highest BCUT2D eigenvalue weighted by Crippen LogP contribution is 2.39. The summed E-state index contributed by atoms with van der Waals surface area (Å²) in [6, 6.07) is 8.13. The van der Waals surface area contributed by atoms with Crippen LogP contribution in [0.3, 0.4) is 0 Å². The largest absolute Gasteiger partial charge is 0.573 e. The van der Waals surface area contributed by atoms with Gasteiger partial charge in [0.2, 0.25) is 11.9 Å². The van der Waals surface area contributed by atoms with Crippen molar-refractivity contribution >= 4 is 17.3 Å². The third-order valence-electron chi connectivity index (χ3n) is 4.31. The van der Waals surface area contributed by atoms with Crippen LogP contribution in [0.2, 0.25) is 0 Å². The molecular weight excluding hydrogens is 421 g/mol. The van der Waals surface area contributed by atoms with Gasteiger partial charge in [-0.3, -0.25) is 4.79 Å². The number of methoxy groups -OCH3 is 3. The molecule has 11 heteroatoms. The molecule has 2 aromatic carbocycles. The first-order chi connectivity index (χ1) is 14.7. The number of amides is 1. The summed E-state index contributed by atoms with van der Waals surface area (Å²) < 4.78 is 56.4. The molecule has 0 fully saturated rings. The topological polar surface area (TPSA) is 87.6 Å². The number of oxime groups is 1. The van der Waals surface area contributed by atoms with Crippen molar-refractivity contribution in [2.45, 2.75) is 18.9 Å². The van der Waals surface area contributed by atoms with Crippen molar-refractivity contribution in [1.82, 2.24) is 0 Å². The molecule has 31 heavy (non-hydrogen) atoms. The first kappa shape index (κ1) is 22.1. The molecule has 1 amide bonds.